The molecule has 3 aromatic rings. The first-order valence-corrected chi connectivity index (χ1v) is 12.7. The molecule has 0 aliphatic carbocycles. The first-order chi connectivity index (χ1) is 17.3. The first kappa shape index (κ1) is 26.2. The minimum Gasteiger partial charge on any atom is -0.493 e. The largest absolute Gasteiger partial charge is 0.493 e. The van der Waals surface area contributed by atoms with E-state index in [-0.39, 0.29) is 11.8 Å². The average molecular weight is 561 g/mol. The number of amides is 2. The maximum absolute atomic E-state index is 13.0. The fourth-order valence-electron chi connectivity index (χ4n) is 3.61. The van der Waals surface area contributed by atoms with Gasteiger partial charge < -0.3 is 9.47 Å². The number of methoxy groups -OCH3 is 1. The Morgan fingerprint density at radius 3 is 2.36 bits per heavy atom. The van der Waals surface area contributed by atoms with Gasteiger partial charge in [0.1, 0.15) is 6.61 Å². The zero-order chi connectivity index (χ0) is 25.8. The van der Waals surface area contributed by atoms with Crippen LogP contribution in [0.4, 0.5) is 10.5 Å². The lowest BCUT2D eigenvalue weighted by Gasteiger charge is -2.16. The second kappa shape index (κ2) is 11.4. The molecule has 0 N–H and O–H groups in total. The Morgan fingerprint density at radius 1 is 0.972 bits per heavy atom. The standard InChI is InChI=1S/C27H20Cl3NO4S/c1-3-4-17-11-16(12-23(34-2)25(17)35-15-18-5-6-20(29)14-22(18)30)13-24-26(32)31(27(33)36-24)21-9-7-19(28)8-10-21/h3,5-14H,1,4,15H2,2H3/b24-13+. The zero-order valence-electron chi connectivity index (χ0n) is 19.1. The van der Waals surface area contributed by atoms with Crippen LogP contribution in [0.15, 0.2) is 72.2 Å². The summed E-state index contributed by atoms with van der Waals surface area (Å²) in [6.45, 7) is 4.04. The Kier molecular flexibility index (Phi) is 8.32. The number of nitrogens with zero attached hydrogens (tertiary/aromatic N) is 1. The molecular weight excluding hydrogens is 541 g/mol. The summed E-state index contributed by atoms with van der Waals surface area (Å²) in [7, 11) is 1.54. The van der Waals surface area contributed by atoms with Crippen molar-refractivity contribution in [2.24, 2.45) is 0 Å². The van der Waals surface area contributed by atoms with Crippen LogP contribution in [0.25, 0.3) is 6.08 Å². The van der Waals surface area contributed by atoms with Crippen LogP contribution in [0.2, 0.25) is 15.1 Å². The average Bonchev–Trinajstić information content (AvgIpc) is 3.12. The third-order valence-electron chi connectivity index (χ3n) is 5.30. The van der Waals surface area contributed by atoms with Crippen molar-refractivity contribution in [2.75, 3.05) is 12.0 Å². The second-order valence-corrected chi connectivity index (χ2v) is 10.00. The van der Waals surface area contributed by atoms with Crippen LogP contribution < -0.4 is 14.4 Å². The maximum atomic E-state index is 13.0. The van der Waals surface area contributed by atoms with Crippen molar-refractivity contribution < 1.29 is 19.1 Å². The van der Waals surface area contributed by atoms with Gasteiger partial charge in [0.15, 0.2) is 11.5 Å². The number of imide groups is 1. The van der Waals surface area contributed by atoms with E-state index in [1.54, 1.807) is 60.7 Å². The van der Waals surface area contributed by atoms with E-state index >= 15 is 0 Å². The van der Waals surface area contributed by atoms with E-state index in [1.807, 2.05) is 6.07 Å². The molecule has 0 radical (unpaired) electrons. The first-order valence-electron chi connectivity index (χ1n) is 10.7. The molecule has 1 heterocycles. The van der Waals surface area contributed by atoms with Crippen molar-refractivity contribution in [2.45, 2.75) is 13.0 Å². The summed E-state index contributed by atoms with van der Waals surface area (Å²) < 4.78 is 11.7. The molecule has 4 rings (SSSR count). The molecule has 1 aliphatic heterocycles. The Labute approximate surface area is 228 Å². The van der Waals surface area contributed by atoms with Gasteiger partial charge in [0.05, 0.1) is 17.7 Å². The van der Waals surface area contributed by atoms with Gasteiger partial charge in [0.25, 0.3) is 11.1 Å². The third-order valence-corrected chi connectivity index (χ3v) is 7.01. The van der Waals surface area contributed by atoms with E-state index in [0.717, 1.165) is 27.8 Å². The summed E-state index contributed by atoms with van der Waals surface area (Å²) in [5.41, 5.74) is 2.72. The van der Waals surface area contributed by atoms with Gasteiger partial charge in [-0.15, -0.1) is 6.58 Å². The molecule has 0 spiro atoms. The predicted molar refractivity (Wildman–Crippen MR) is 148 cm³/mol. The third kappa shape index (κ3) is 5.73. The molecule has 184 valence electrons. The number of thioether (sulfide) groups is 1. The molecule has 1 saturated heterocycles. The molecule has 5 nitrogen and oxygen atoms in total. The summed E-state index contributed by atoms with van der Waals surface area (Å²) in [4.78, 5) is 27.1. The summed E-state index contributed by atoms with van der Waals surface area (Å²) in [5, 5.41) is 1.17. The van der Waals surface area contributed by atoms with Gasteiger partial charge in [-0.05, 0) is 78.4 Å². The summed E-state index contributed by atoms with van der Waals surface area (Å²) in [6.07, 6.45) is 3.90. The van der Waals surface area contributed by atoms with E-state index in [1.165, 1.54) is 7.11 Å². The number of allylic oxidation sites excluding steroid dienone is 1. The number of anilines is 1. The molecule has 0 unspecified atom stereocenters. The number of halogens is 3. The molecular formula is C27H20Cl3NO4S. The van der Waals surface area contributed by atoms with Gasteiger partial charge in [-0.25, -0.2) is 4.90 Å². The summed E-state index contributed by atoms with van der Waals surface area (Å²) in [5.74, 6) is 0.603. The highest BCUT2D eigenvalue weighted by atomic mass is 35.5. The van der Waals surface area contributed by atoms with E-state index < -0.39 is 5.91 Å². The second-order valence-electron chi connectivity index (χ2n) is 7.72. The Morgan fingerprint density at radius 2 is 1.69 bits per heavy atom. The number of hydrogen-bond donors (Lipinski definition) is 0. The van der Waals surface area contributed by atoms with E-state index in [2.05, 4.69) is 6.58 Å². The highest BCUT2D eigenvalue weighted by Crippen LogP contribution is 2.39. The summed E-state index contributed by atoms with van der Waals surface area (Å²) in [6, 6.07) is 15.4. The lowest BCUT2D eigenvalue weighted by Crippen LogP contribution is -2.27. The van der Waals surface area contributed by atoms with E-state index in [4.69, 9.17) is 44.3 Å². The minimum atomic E-state index is -0.408. The van der Waals surface area contributed by atoms with Crippen molar-refractivity contribution in [3.8, 4) is 11.5 Å². The zero-order valence-corrected chi connectivity index (χ0v) is 22.2. The number of carbonyl (C=O) groups is 2. The van der Waals surface area contributed by atoms with E-state index in [9.17, 15) is 9.59 Å². The predicted octanol–water partition coefficient (Wildman–Crippen LogP) is 8.20. The van der Waals surface area contributed by atoms with Crippen LogP contribution in [0.1, 0.15) is 16.7 Å². The number of benzene rings is 3. The Bertz CT molecular complexity index is 1370. The van der Waals surface area contributed by atoms with Crippen molar-refractivity contribution in [3.63, 3.8) is 0 Å². The smallest absolute Gasteiger partial charge is 0.298 e. The fourth-order valence-corrected chi connectivity index (χ4v) is 5.04. The van der Waals surface area contributed by atoms with Gasteiger partial charge in [0.2, 0.25) is 0 Å². The van der Waals surface area contributed by atoms with Crippen molar-refractivity contribution in [3.05, 3.63) is 104 Å². The highest BCUT2D eigenvalue weighted by Gasteiger charge is 2.36. The van der Waals surface area contributed by atoms with Crippen LogP contribution in [-0.2, 0) is 17.8 Å². The SMILES string of the molecule is C=CCc1cc(/C=C2/SC(=O)N(c3ccc(Cl)cc3)C2=O)cc(OC)c1OCc1ccc(Cl)cc1Cl. The molecule has 0 bridgehead atoms. The topological polar surface area (TPSA) is 55.8 Å². The van der Waals surface area contributed by atoms with Crippen LogP contribution in [-0.4, -0.2) is 18.3 Å². The molecule has 2 amide bonds. The number of ether oxygens (including phenoxy) is 2. The van der Waals surface area contributed by atoms with Crippen molar-refractivity contribution in [1.82, 2.24) is 0 Å². The molecule has 36 heavy (non-hydrogen) atoms. The number of rotatable bonds is 8. The van der Waals surface area contributed by atoms with Crippen LogP contribution >= 0.6 is 46.6 Å². The van der Waals surface area contributed by atoms with Crippen LogP contribution in [0, 0.1) is 0 Å². The molecule has 9 heteroatoms. The van der Waals surface area contributed by atoms with Crippen molar-refractivity contribution >= 4 is 69.5 Å². The van der Waals surface area contributed by atoms with Gasteiger partial charge in [-0.3, -0.25) is 9.59 Å². The Hall–Kier alpha value is -2.90. The van der Waals surface area contributed by atoms with Gasteiger partial charge in [-0.2, -0.15) is 0 Å². The minimum absolute atomic E-state index is 0.204. The van der Waals surface area contributed by atoms with Gasteiger partial charge >= 0.3 is 0 Å². The summed E-state index contributed by atoms with van der Waals surface area (Å²) >= 11 is 19.1. The lowest BCUT2D eigenvalue weighted by molar-refractivity contribution is -0.113. The van der Waals surface area contributed by atoms with Gasteiger partial charge in [-0.1, -0.05) is 46.9 Å². The molecule has 3 aromatic carbocycles. The normalized spacial score (nSPS) is 14.4. The Balaban J connectivity index is 1.64. The molecule has 0 saturated carbocycles. The number of hydrogen-bond acceptors (Lipinski definition) is 5. The maximum Gasteiger partial charge on any atom is 0.298 e. The molecule has 1 fully saturated rings. The van der Waals surface area contributed by atoms with Gasteiger partial charge in [0, 0.05) is 26.2 Å². The number of carbonyl (C=O) groups excluding carboxylic acids is 2. The van der Waals surface area contributed by atoms with Crippen molar-refractivity contribution in [1.29, 1.82) is 0 Å². The van der Waals surface area contributed by atoms with E-state index in [0.29, 0.717) is 49.1 Å². The monoisotopic (exact) mass is 559 g/mol. The van der Waals surface area contributed by atoms with Crippen LogP contribution in [0.5, 0.6) is 11.5 Å². The molecule has 0 atom stereocenters. The molecule has 0 aromatic heterocycles. The fraction of sp³-hybridized carbons (Fsp3) is 0.111. The van der Waals surface area contributed by atoms with Crippen LogP contribution in [0.3, 0.4) is 0 Å². The highest BCUT2D eigenvalue weighted by molar-refractivity contribution is 8.19. The molecule has 1 aliphatic rings. The lowest BCUT2D eigenvalue weighted by atomic mass is 10.0. The quantitative estimate of drug-likeness (QED) is 0.205.